The number of rotatable bonds is 1. The normalized spacial score (nSPS) is 47.7. The molecular formula is C9H12O2. The molecule has 0 saturated carbocycles. The van der Waals surface area contributed by atoms with Crippen molar-refractivity contribution in [2.24, 2.45) is 0 Å². The standard InChI is InChI=1S/C9H12O2/c1-3-7-8-5-4-6-9(2,10-7)11-8/h3-5,7-8H,1,6H2,2H3/t7-,8-,9+/m1/s1. The summed E-state index contributed by atoms with van der Waals surface area (Å²) < 4.78 is 11.2. The van der Waals surface area contributed by atoms with Gasteiger partial charge in [0, 0.05) is 6.42 Å². The molecule has 0 aromatic rings. The van der Waals surface area contributed by atoms with Gasteiger partial charge in [-0.2, -0.15) is 0 Å². The van der Waals surface area contributed by atoms with E-state index in [4.69, 9.17) is 9.47 Å². The fraction of sp³-hybridized carbons (Fsp3) is 0.556. The van der Waals surface area contributed by atoms with Gasteiger partial charge in [-0.15, -0.1) is 6.58 Å². The number of hydrogen-bond acceptors (Lipinski definition) is 2. The smallest absolute Gasteiger partial charge is 0.170 e. The lowest BCUT2D eigenvalue weighted by molar-refractivity contribution is -0.154. The van der Waals surface area contributed by atoms with Crippen LogP contribution >= 0.6 is 0 Å². The van der Waals surface area contributed by atoms with Crippen LogP contribution in [0.2, 0.25) is 0 Å². The van der Waals surface area contributed by atoms with Crippen molar-refractivity contribution in [1.82, 2.24) is 0 Å². The zero-order chi connectivity index (χ0) is 7.90. The third-order valence-electron chi connectivity index (χ3n) is 2.14. The first-order valence-corrected chi connectivity index (χ1v) is 3.88. The quantitative estimate of drug-likeness (QED) is 0.532. The first-order chi connectivity index (χ1) is 5.23. The van der Waals surface area contributed by atoms with E-state index in [9.17, 15) is 0 Å². The number of fused-ring (bicyclic) bond motifs is 2. The van der Waals surface area contributed by atoms with E-state index in [1.165, 1.54) is 0 Å². The molecule has 60 valence electrons. The van der Waals surface area contributed by atoms with Gasteiger partial charge in [0.05, 0.1) is 0 Å². The summed E-state index contributed by atoms with van der Waals surface area (Å²) >= 11 is 0. The third-order valence-corrected chi connectivity index (χ3v) is 2.14. The molecule has 3 atom stereocenters. The molecule has 2 nitrogen and oxygen atoms in total. The average Bonchev–Trinajstić information content (AvgIpc) is 2.21. The summed E-state index contributed by atoms with van der Waals surface area (Å²) in [5, 5.41) is 0. The van der Waals surface area contributed by atoms with Gasteiger partial charge in [0.25, 0.3) is 0 Å². The van der Waals surface area contributed by atoms with E-state index in [0.29, 0.717) is 0 Å². The van der Waals surface area contributed by atoms with Crippen LogP contribution in [-0.4, -0.2) is 18.0 Å². The summed E-state index contributed by atoms with van der Waals surface area (Å²) in [5.41, 5.74) is 0. The van der Waals surface area contributed by atoms with Crippen LogP contribution in [0.15, 0.2) is 24.8 Å². The third kappa shape index (κ3) is 1.03. The topological polar surface area (TPSA) is 18.5 Å². The summed E-state index contributed by atoms with van der Waals surface area (Å²) in [6, 6.07) is 0. The second kappa shape index (κ2) is 2.19. The highest BCUT2D eigenvalue weighted by molar-refractivity contribution is 5.09. The van der Waals surface area contributed by atoms with Crippen molar-refractivity contribution in [3.8, 4) is 0 Å². The molecule has 0 amide bonds. The largest absolute Gasteiger partial charge is 0.340 e. The summed E-state index contributed by atoms with van der Waals surface area (Å²) in [5.74, 6) is -0.391. The van der Waals surface area contributed by atoms with Crippen LogP contribution in [0.5, 0.6) is 0 Å². The van der Waals surface area contributed by atoms with Gasteiger partial charge >= 0.3 is 0 Å². The Morgan fingerprint density at radius 3 is 3.09 bits per heavy atom. The van der Waals surface area contributed by atoms with Crippen LogP contribution in [0.4, 0.5) is 0 Å². The average molecular weight is 152 g/mol. The van der Waals surface area contributed by atoms with E-state index in [0.717, 1.165) is 6.42 Å². The molecule has 2 rings (SSSR count). The Balaban J connectivity index is 2.25. The maximum atomic E-state index is 5.62. The second-order valence-corrected chi connectivity index (χ2v) is 3.17. The molecule has 0 aromatic carbocycles. The molecule has 11 heavy (non-hydrogen) atoms. The van der Waals surface area contributed by atoms with Crippen LogP contribution in [0.1, 0.15) is 13.3 Å². The van der Waals surface area contributed by atoms with Crippen molar-refractivity contribution in [1.29, 1.82) is 0 Å². The van der Waals surface area contributed by atoms with Crippen LogP contribution in [0.25, 0.3) is 0 Å². The first-order valence-electron chi connectivity index (χ1n) is 3.88. The molecule has 0 unspecified atom stereocenters. The van der Waals surface area contributed by atoms with Crippen LogP contribution in [0.3, 0.4) is 0 Å². The minimum atomic E-state index is -0.391. The molecule has 0 spiro atoms. The van der Waals surface area contributed by atoms with Gasteiger partial charge < -0.3 is 9.47 Å². The van der Waals surface area contributed by atoms with Crippen molar-refractivity contribution >= 4 is 0 Å². The Morgan fingerprint density at radius 1 is 1.64 bits per heavy atom. The van der Waals surface area contributed by atoms with Crippen molar-refractivity contribution in [2.45, 2.75) is 31.3 Å². The zero-order valence-corrected chi connectivity index (χ0v) is 6.62. The molecule has 0 radical (unpaired) electrons. The van der Waals surface area contributed by atoms with Gasteiger partial charge in [-0.05, 0) is 6.92 Å². The minimum absolute atomic E-state index is 0.0405. The summed E-state index contributed by atoms with van der Waals surface area (Å²) in [7, 11) is 0. The Labute approximate surface area is 66.5 Å². The molecule has 2 heteroatoms. The summed E-state index contributed by atoms with van der Waals surface area (Å²) in [6.45, 7) is 5.66. The van der Waals surface area contributed by atoms with E-state index in [-0.39, 0.29) is 12.2 Å². The predicted molar refractivity (Wildman–Crippen MR) is 42.1 cm³/mol. The van der Waals surface area contributed by atoms with Crippen LogP contribution in [-0.2, 0) is 9.47 Å². The van der Waals surface area contributed by atoms with E-state index in [1.807, 2.05) is 13.0 Å². The Hall–Kier alpha value is -0.600. The molecule has 0 aromatic heterocycles. The highest BCUT2D eigenvalue weighted by Gasteiger charge is 2.43. The first kappa shape index (κ1) is 7.07. The van der Waals surface area contributed by atoms with E-state index in [1.54, 1.807) is 6.08 Å². The fourth-order valence-electron chi connectivity index (χ4n) is 1.58. The van der Waals surface area contributed by atoms with Gasteiger partial charge in [0.2, 0.25) is 0 Å². The lowest BCUT2D eigenvalue weighted by Crippen LogP contribution is -2.27. The van der Waals surface area contributed by atoms with Crippen molar-refractivity contribution in [3.63, 3.8) is 0 Å². The number of hydrogen-bond donors (Lipinski definition) is 0. The summed E-state index contributed by atoms with van der Waals surface area (Å²) in [6.07, 6.45) is 6.92. The lowest BCUT2D eigenvalue weighted by Gasteiger charge is -2.23. The molecule has 1 saturated heterocycles. The van der Waals surface area contributed by atoms with E-state index in [2.05, 4.69) is 12.7 Å². The maximum Gasteiger partial charge on any atom is 0.170 e. The van der Waals surface area contributed by atoms with Gasteiger partial charge in [-0.1, -0.05) is 18.2 Å². The van der Waals surface area contributed by atoms with E-state index < -0.39 is 5.79 Å². The Bertz CT molecular complexity index is 210. The van der Waals surface area contributed by atoms with E-state index >= 15 is 0 Å². The molecule has 0 N–H and O–H groups in total. The predicted octanol–water partition coefficient (Wildman–Crippen LogP) is 1.63. The molecule has 0 aliphatic carbocycles. The van der Waals surface area contributed by atoms with Gasteiger partial charge in [-0.25, -0.2) is 0 Å². The molecule has 2 aliphatic rings. The van der Waals surface area contributed by atoms with Crippen molar-refractivity contribution in [3.05, 3.63) is 24.8 Å². The van der Waals surface area contributed by atoms with Gasteiger partial charge in [0.15, 0.2) is 5.79 Å². The molecule has 2 aliphatic heterocycles. The van der Waals surface area contributed by atoms with Gasteiger partial charge in [-0.3, -0.25) is 0 Å². The fourth-order valence-corrected chi connectivity index (χ4v) is 1.58. The maximum absolute atomic E-state index is 5.62. The minimum Gasteiger partial charge on any atom is -0.340 e. The van der Waals surface area contributed by atoms with Gasteiger partial charge in [0.1, 0.15) is 12.2 Å². The Morgan fingerprint density at radius 2 is 2.45 bits per heavy atom. The monoisotopic (exact) mass is 152 g/mol. The molecule has 2 bridgehead atoms. The highest BCUT2D eigenvalue weighted by atomic mass is 16.8. The number of ether oxygens (including phenoxy) is 2. The molecular weight excluding hydrogens is 140 g/mol. The SMILES string of the molecule is C=C[C@H]1O[C@]2(C)CC=C[C@H]1O2. The zero-order valence-electron chi connectivity index (χ0n) is 6.62. The highest BCUT2D eigenvalue weighted by Crippen LogP contribution is 2.36. The second-order valence-electron chi connectivity index (χ2n) is 3.17. The van der Waals surface area contributed by atoms with Crippen molar-refractivity contribution < 1.29 is 9.47 Å². The Kier molecular flexibility index (Phi) is 1.41. The lowest BCUT2D eigenvalue weighted by atomic mass is 10.1. The van der Waals surface area contributed by atoms with Crippen LogP contribution in [0, 0.1) is 0 Å². The molecule has 2 heterocycles. The van der Waals surface area contributed by atoms with Crippen LogP contribution < -0.4 is 0 Å². The molecule has 1 fully saturated rings. The summed E-state index contributed by atoms with van der Waals surface area (Å²) in [4.78, 5) is 0. The van der Waals surface area contributed by atoms with Crippen molar-refractivity contribution in [2.75, 3.05) is 0 Å².